The quantitative estimate of drug-likeness (QED) is 0.375. The van der Waals surface area contributed by atoms with E-state index in [1.807, 2.05) is 0 Å². The van der Waals surface area contributed by atoms with Crippen LogP contribution in [0.4, 0.5) is 5.69 Å². The molecule has 0 aliphatic carbocycles. The smallest absolute Gasteiger partial charge is 0.255 e. The summed E-state index contributed by atoms with van der Waals surface area (Å²) in [5, 5.41) is 20.7. The number of aliphatic hydroxyl groups is 1. The summed E-state index contributed by atoms with van der Waals surface area (Å²) in [6.45, 7) is 1.33. The first-order valence-corrected chi connectivity index (χ1v) is 5.27. The molecule has 0 fully saturated rings. The van der Waals surface area contributed by atoms with Crippen LogP contribution in [0.15, 0.2) is 29.5 Å². The van der Waals surface area contributed by atoms with Crippen LogP contribution in [0.2, 0.25) is 10.0 Å². The average Bonchev–Trinajstić information content (AvgIpc) is 2.30. The highest BCUT2D eigenvalue weighted by Crippen LogP contribution is 2.25. The van der Waals surface area contributed by atoms with E-state index in [9.17, 15) is 4.79 Å². The number of carbonyl (C=O) groups is 1. The summed E-state index contributed by atoms with van der Waals surface area (Å²) in [5.74, 6) is -1.24. The Morgan fingerprint density at radius 2 is 2.12 bits per heavy atom. The minimum Gasteiger partial charge on any atom is -0.499 e. The van der Waals surface area contributed by atoms with Gasteiger partial charge in [-0.1, -0.05) is 23.2 Å². The molecule has 0 aliphatic rings. The molecule has 6 heteroatoms. The fourth-order valence-electron chi connectivity index (χ4n) is 0.998. The monoisotopic (exact) mass is 270 g/mol. The minimum absolute atomic E-state index is 0.0847. The maximum Gasteiger partial charge on any atom is 0.255 e. The Labute approximate surface area is 108 Å². The lowest BCUT2D eigenvalue weighted by Crippen LogP contribution is -2.14. The van der Waals surface area contributed by atoms with Gasteiger partial charge in [0.15, 0.2) is 0 Å². The average molecular weight is 271 g/mol. The maximum atomic E-state index is 11.6. The van der Waals surface area contributed by atoms with Gasteiger partial charge in [0, 0.05) is 5.02 Å². The van der Waals surface area contributed by atoms with Gasteiger partial charge >= 0.3 is 0 Å². The lowest BCUT2D eigenvalue weighted by Gasteiger charge is -2.07. The van der Waals surface area contributed by atoms with Crippen LogP contribution in [0, 0.1) is 11.3 Å². The van der Waals surface area contributed by atoms with Crippen LogP contribution in [-0.4, -0.2) is 11.0 Å². The third-order valence-electron chi connectivity index (χ3n) is 1.98. The molecule has 0 unspecified atom stereocenters. The Balaban J connectivity index is 2.94. The summed E-state index contributed by atoms with van der Waals surface area (Å²) in [6.07, 6.45) is 0. The van der Waals surface area contributed by atoms with Crippen molar-refractivity contribution in [3.05, 3.63) is 39.6 Å². The highest BCUT2D eigenvalue weighted by atomic mass is 35.5. The van der Waals surface area contributed by atoms with Crippen molar-refractivity contribution in [2.45, 2.75) is 6.92 Å². The van der Waals surface area contributed by atoms with E-state index in [-0.39, 0.29) is 10.6 Å². The molecule has 1 aromatic carbocycles. The zero-order valence-electron chi connectivity index (χ0n) is 8.79. The van der Waals surface area contributed by atoms with E-state index >= 15 is 0 Å². The summed E-state index contributed by atoms with van der Waals surface area (Å²) in [6, 6.07) is 6.04. The topological polar surface area (TPSA) is 73.1 Å². The molecule has 4 nitrogen and oxygen atoms in total. The molecule has 0 saturated heterocycles. The van der Waals surface area contributed by atoms with Gasteiger partial charge in [-0.15, -0.1) is 0 Å². The van der Waals surface area contributed by atoms with E-state index < -0.39 is 11.7 Å². The normalized spacial score (nSPS) is 11.4. The van der Waals surface area contributed by atoms with Gasteiger partial charge in [0.25, 0.3) is 5.91 Å². The van der Waals surface area contributed by atoms with Gasteiger partial charge in [-0.05, 0) is 25.1 Å². The fourth-order valence-corrected chi connectivity index (χ4v) is 1.45. The molecule has 0 aliphatic heterocycles. The maximum absolute atomic E-state index is 11.6. The van der Waals surface area contributed by atoms with Crippen LogP contribution in [0.25, 0.3) is 0 Å². The third kappa shape index (κ3) is 3.38. The van der Waals surface area contributed by atoms with Crippen LogP contribution in [0.1, 0.15) is 6.92 Å². The number of benzene rings is 1. The number of aliphatic hydroxyl groups excluding tert-OH is 1. The van der Waals surface area contributed by atoms with Crippen molar-refractivity contribution in [2.75, 3.05) is 5.32 Å². The Morgan fingerprint density at radius 3 is 2.65 bits per heavy atom. The number of nitrogens with one attached hydrogen (secondary N) is 1. The second kappa shape index (κ2) is 5.58. The SMILES string of the molecule is C/C(C(=O)Nc1ccc(Cl)cc1Cl)=C(\O)C#N. The van der Waals surface area contributed by atoms with Crippen LogP contribution in [0.3, 0.4) is 0 Å². The highest BCUT2D eigenvalue weighted by molar-refractivity contribution is 6.36. The first-order valence-electron chi connectivity index (χ1n) is 4.52. The van der Waals surface area contributed by atoms with Gasteiger partial charge in [0.05, 0.1) is 16.3 Å². The summed E-state index contributed by atoms with van der Waals surface area (Å²) < 4.78 is 0. The molecule has 0 saturated carbocycles. The summed E-state index contributed by atoms with van der Waals surface area (Å²) >= 11 is 11.5. The van der Waals surface area contributed by atoms with E-state index in [4.69, 9.17) is 33.6 Å². The van der Waals surface area contributed by atoms with Crippen LogP contribution >= 0.6 is 23.2 Å². The van der Waals surface area contributed by atoms with Gasteiger partial charge in [0.1, 0.15) is 6.07 Å². The number of carbonyl (C=O) groups excluding carboxylic acids is 1. The van der Waals surface area contributed by atoms with Crippen molar-refractivity contribution in [1.29, 1.82) is 5.26 Å². The standard InChI is InChI=1S/C11H8Cl2N2O2/c1-6(10(16)5-14)11(17)15-9-3-2-7(12)4-8(9)13/h2-4,16H,1H3,(H,15,17)/b10-6+. The van der Waals surface area contributed by atoms with Gasteiger partial charge in [-0.25, -0.2) is 0 Å². The van der Waals surface area contributed by atoms with Crippen molar-refractivity contribution >= 4 is 34.8 Å². The lowest BCUT2D eigenvalue weighted by atomic mass is 10.2. The predicted molar refractivity (Wildman–Crippen MR) is 66.0 cm³/mol. The van der Waals surface area contributed by atoms with Gasteiger partial charge in [0.2, 0.25) is 5.76 Å². The fraction of sp³-hybridized carbons (Fsp3) is 0.0909. The van der Waals surface area contributed by atoms with E-state index in [0.717, 1.165) is 0 Å². The zero-order valence-corrected chi connectivity index (χ0v) is 10.3. The van der Waals surface area contributed by atoms with Crippen LogP contribution in [0.5, 0.6) is 0 Å². The number of rotatable bonds is 2. The Bertz CT molecular complexity index is 533. The number of anilines is 1. The molecule has 0 heterocycles. The number of nitrogens with zero attached hydrogens (tertiary/aromatic N) is 1. The van der Waals surface area contributed by atoms with E-state index in [0.29, 0.717) is 10.7 Å². The van der Waals surface area contributed by atoms with Crippen molar-refractivity contribution in [2.24, 2.45) is 0 Å². The number of amides is 1. The van der Waals surface area contributed by atoms with Gasteiger partial charge in [-0.2, -0.15) is 5.26 Å². The molecule has 1 aromatic rings. The number of hydrogen-bond donors (Lipinski definition) is 2. The minimum atomic E-state index is -0.632. The van der Waals surface area contributed by atoms with Gasteiger partial charge < -0.3 is 10.4 Å². The second-order valence-electron chi connectivity index (χ2n) is 3.16. The first-order chi connectivity index (χ1) is 7.95. The van der Waals surface area contributed by atoms with Gasteiger partial charge in [-0.3, -0.25) is 4.79 Å². The second-order valence-corrected chi connectivity index (χ2v) is 4.01. The molecule has 1 amide bonds. The first kappa shape index (κ1) is 13.4. The van der Waals surface area contributed by atoms with E-state index in [1.54, 1.807) is 6.07 Å². The van der Waals surface area contributed by atoms with E-state index in [1.165, 1.54) is 25.1 Å². The molecular formula is C11H8Cl2N2O2. The molecule has 0 atom stereocenters. The molecule has 0 radical (unpaired) electrons. The molecule has 17 heavy (non-hydrogen) atoms. The molecule has 0 aromatic heterocycles. The van der Waals surface area contributed by atoms with Crippen LogP contribution in [-0.2, 0) is 4.79 Å². The molecule has 1 rings (SSSR count). The Morgan fingerprint density at radius 1 is 1.47 bits per heavy atom. The summed E-state index contributed by atoms with van der Waals surface area (Å²) in [7, 11) is 0. The molecule has 0 spiro atoms. The Hall–Kier alpha value is -1.70. The summed E-state index contributed by atoms with van der Waals surface area (Å²) in [5.41, 5.74) is 0.268. The number of halogens is 2. The number of allylic oxidation sites excluding steroid dienone is 1. The number of nitriles is 1. The largest absolute Gasteiger partial charge is 0.499 e. The van der Waals surface area contributed by atoms with Crippen LogP contribution < -0.4 is 5.32 Å². The van der Waals surface area contributed by atoms with Crippen molar-refractivity contribution < 1.29 is 9.90 Å². The Kier molecular flexibility index (Phi) is 4.38. The van der Waals surface area contributed by atoms with E-state index in [2.05, 4.69) is 5.32 Å². The van der Waals surface area contributed by atoms with Crippen molar-refractivity contribution in [3.8, 4) is 6.07 Å². The highest BCUT2D eigenvalue weighted by Gasteiger charge is 2.11. The number of hydrogen-bond acceptors (Lipinski definition) is 3. The third-order valence-corrected chi connectivity index (χ3v) is 2.53. The molecule has 2 N–H and O–H groups in total. The molecule has 0 bridgehead atoms. The van der Waals surface area contributed by atoms with Crippen molar-refractivity contribution in [3.63, 3.8) is 0 Å². The van der Waals surface area contributed by atoms with Crippen molar-refractivity contribution in [1.82, 2.24) is 0 Å². The summed E-state index contributed by atoms with van der Waals surface area (Å²) in [4.78, 5) is 11.6. The predicted octanol–water partition coefficient (Wildman–Crippen LogP) is 3.29. The zero-order chi connectivity index (χ0) is 13.0. The molecule has 88 valence electrons. The molecular weight excluding hydrogens is 263 g/mol. The lowest BCUT2D eigenvalue weighted by molar-refractivity contribution is -0.112.